The maximum absolute atomic E-state index is 8.97. The van der Waals surface area contributed by atoms with Crippen LogP contribution in [-0.2, 0) is 0 Å². The summed E-state index contributed by atoms with van der Waals surface area (Å²) < 4.78 is 0. The average Bonchev–Trinajstić information content (AvgIpc) is 2.42. The lowest BCUT2D eigenvalue weighted by atomic mass is 10.3. The first-order valence-corrected chi connectivity index (χ1v) is 7.25. The highest BCUT2D eigenvalue weighted by Crippen LogP contribution is 1.85. The minimum absolute atomic E-state index is 0.394. The van der Waals surface area contributed by atoms with Crippen molar-refractivity contribution in [3.63, 3.8) is 0 Å². The highest BCUT2D eigenvalue weighted by molar-refractivity contribution is 4.54. The molecule has 0 aromatic heterocycles. The first kappa shape index (κ1) is 21.1. The Kier molecular flexibility index (Phi) is 22.3. The molecule has 0 heterocycles. The number of hydrogen-bond donors (Lipinski definition) is 6. The van der Waals surface area contributed by atoms with Gasteiger partial charge in [-0.15, -0.1) is 0 Å². The third kappa shape index (κ3) is 23.3. The van der Waals surface area contributed by atoms with Gasteiger partial charge in [-0.2, -0.15) is 0 Å². The Bertz CT molecular complexity index is 149. The summed E-state index contributed by atoms with van der Waals surface area (Å²) >= 11 is 0. The summed E-state index contributed by atoms with van der Waals surface area (Å²) in [5.41, 5.74) is 5.40. The van der Waals surface area contributed by atoms with Crippen molar-refractivity contribution in [2.75, 3.05) is 46.4 Å². The number of rotatable bonds is 13. The molecular weight excluding hydrogens is 244 g/mol. The van der Waals surface area contributed by atoms with Crippen molar-refractivity contribution < 1.29 is 10.2 Å². The lowest BCUT2D eigenvalue weighted by molar-refractivity contribution is 0.156. The van der Waals surface area contributed by atoms with Crippen LogP contribution in [0.15, 0.2) is 0 Å². The van der Waals surface area contributed by atoms with Gasteiger partial charge in [0.15, 0.2) is 0 Å². The van der Waals surface area contributed by atoms with Crippen LogP contribution in [0.5, 0.6) is 0 Å². The second-order valence-electron chi connectivity index (χ2n) is 4.33. The molecule has 6 nitrogen and oxygen atoms in total. The monoisotopic (exact) mass is 278 g/mol. The zero-order valence-electron chi connectivity index (χ0n) is 12.6. The van der Waals surface area contributed by atoms with Crippen LogP contribution in [0.1, 0.15) is 32.6 Å². The smallest absolute Gasteiger partial charge is 0.102 e. The highest BCUT2D eigenvalue weighted by Gasteiger charge is 1.93. The summed E-state index contributed by atoms with van der Waals surface area (Å²) in [6, 6.07) is 0. The van der Waals surface area contributed by atoms with Gasteiger partial charge in [-0.05, 0) is 71.9 Å². The molecule has 0 aromatic carbocycles. The minimum atomic E-state index is -0.394. The van der Waals surface area contributed by atoms with Crippen LogP contribution in [0.3, 0.4) is 0 Å². The van der Waals surface area contributed by atoms with Crippen LogP contribution in [0.4, 0.5) is 0 Å². The predicted octanol–water partition coefficient (Wildman–Crippen LogP) is -0.779. The molecule has 0 aliphatic rings. The Morgan fingerprint density at radius 2 is 1.32 bits per heavy atom. The van der Waals surface area contributed by atoms with Gasteiger partial charge in [-0.3, -0.25) is 5.32 Å². The lowest BCUT2D eigenvalue weighted by Crippen LogP contribution is -2.29. The van der Waals surface area contributed by atoms with Crippen molar-refractivity contribution in [2.45, 2.75) is 38.8 Å². The second kappa shape index (κ2) is 20.1. The second-order valence-corrected chi connectivity index (χ2v) is 4.33. The Morgan fingerprint density at radius 1 is 0.842 bits per heavy atom. The van der Waals surface area contributed by atoms with E-state index in [1.165, 1.54) is 12.8 Å². The molecule has 19 heavy (non-hydrogen) atoms. The molecule has 0 aliphatic carbocycles. The van der Waals surface area contributed by atoms with E-state index in [1.807, 2.05) is 0 Å². The first-order valence-electron chi connectivity index (χ1n) is 7.25. The summed E-state index contributed by atoms with van der Waals surface area (Å²) in [7, 11) is 1.00. The summed E-state index contributed by atoms with van der Waals surface area (Å²) in [4.78, 5) is 0. The van der Waals surface area contributed by atoms with Gasteiger partial charge in [-0.25, -0.2) is 0 Å². The summed E-state index contributed by atoms with van der Waals surface area (Å²) in [5, 5.41) is 25.7. The fourth-order valence-corrected chi connectivity index (χ4v) is 1.50. The van der Waals surface area contributed by atoms with E-state index in [4.69, 9.17) is 15.9 Å². The molecule has 118 valence electrons. The predicted molar refractivity (Wildman–Crippen MR) is 81.1 cm³/mol. The summed E-state index contributed by atoms with van der Waals surface area (Å²) in [5.74, 6) is 0. The molecule has 0 radical (unpaired) electrons. The van der Waals surface area contributed by atoms with Crippen LogP contribution in [0, 0.1) is 0 Å². The molecule has 7 N–H and O–H groups in total. The number of nitrogens with two attached hydrogens (primary N) is 1. The van der Waals surface area contributed by atoms with Gasteiger partial charge in [0.2, 0.25) is 0 Å². The van der Waals surface area contributed by atoms with E-state index >= 15 is 0 Å². The number of aliphatic hydroxyl groups is 2. The van der Waals surface area contributed by atoms with Crippen LogP contribution < -0.4 is 21.7 Å². The van der Waals surface area contributed by atoms with Gasteiger partial charge < -0.3 is 26.6 Å². The average molecular weight is 278 g/mol. The highest BCUT2D eigenvalue weighted by atomic mass is 16.3. The van der Waals surface area contributed by atoms with Crippen molar-refractivity contribution in [2.24, 2.45) is 5.73 Å². The minimum Gasteiger partial charge on any atom is -0.400 e. The molecule has 1 unspecified atom stereocenters. The van der Waals surface area contributed by atoms with Gasteiger partial charge in [0.05, 0.1) is 0 Å². The molecule has 0 aliphatic heterocycles. The summed E-state index contributed by atoms with van der Waals surface area (Å²) in [6.07, 6.45) is 4.14. The zero-order chi connectivity index (χ0) is 14.8. The molecule has 0 saturated carbocycles. The van der Waals surface area contributed by atoms with Crippen LogP contribution >= 0.6 is 0 Å². The molecule has 0 bridgehead atoms. The molecule has 0 rings (SSSR count). The van der Waals surface area contributed by atoms with Gasteiger partial charge in [0, 0.05) is 7.11 Å². The summed E-state index contributed by atoms with van der Waals surface area (Å²) in [6.45, 7) is 7.60. The number of aliphatic hydroxyl groups excluding tert-OH is 2. The van der Waals surface area contributed by atoms with Crippen LogP contribution in [0.2, 0.25) is 0 Å². The molecule has 0 spiro atoms. The number of hydrogen-bond acceptors (Lipinski definition) is 6. The number of unbranched alkanes of at least 4 members (excludes halogenated alkanes) is 1. The molecule has 6 heteroatoms. The van der Waals surface area contributed by atoms with Gasteiger partial charge >= 0.3 is 0 Å². The van der Waals surface area contributed by atoms with Gasteiger partial charge in [0.1, 0.15) is 6.23 Å². The van der Waals surface area contributed by atoms with Crippen molar-refractivity contribution in [1.29, 1.82) is 0 Å². The normalized spacial score (nSPS) is 11.8. The number of nitrogens with one attached hydrogen (secondary N) is 3. The SMILES string of the molecule is CC(O)NCCCNCCCCNCCCN.CO. The Hall–Kier alpha value is -0.240. The Balaban J connectivity index is 0. The maximum Gasteiger partial charge on any atom is 0.102 e. The third-order valence-corrected chi connectivity index (χ3v) is 2.48. The Labute approximate surface area is 118 Å². The molecule has 0 aromatic rings. The third-order valence-electron chi connectivity index (χ3n) is 2.48. The van der Waals surface area contributed by atoms with Gasteiger partial charge in [0.25, 0.3) is 0 Å². The molecule has 0 fully saturated rings. The van der Waals surface area contributed by atoms with E-state index in [9.17, 15) is 0 Å². The van der Waals surface area contributed by atoms with Crippen molar-refractivity contribution in [3.8, 4) is 0 Å². The first-order chi connectivity index (χ1) is 9.27. The molecule has 0 amide bonds. The lowest BCUT2D eigenvalue weighted by Gasteiger charge is -2.08. The van der Waals surface area contributed by atoms with Crippen LogP contribution in [0.25, 0.3) is 0 Å². The topological polar surface area (TPSA) is 103 Å². The fraction of sp³-hybridized carbons (Fsp3) is 1.00. The quantitative estimate of drug-likeness (QED) is 0.195. The fourth-order valence-electron chi connectivity index (χ4n) is 1.50. The molecule has 1 atom stereocenters. The maximum atomic E-state index is 8.97. The van der Waals surface area contributed by atoms with E-state index in [1.54, 1.807) is 6.92 Å². The Morgan fingerprint density at radius 3 is 1.79 bits per heavy atom. The van der Waals surface area contributed by atoms with Crippen molar-refractivity contribution in [3.05, 3.63) is 0 Å². The largest absolute Gasteiger partial charge is 0.400 e. The van der Waals surface area contributed by atoms with E-state index in [0.717, 1.165) is 59.2 Å². The zero-order valence-corrected chi connectivity index (χ0v) is 12.6. The van der Waals surface area contributed by atoms with Gasteiger partial charge in [-0.1, -0.05) is 0 Å². The van der Waals surface area contributed by atoms with E-state index < -0.39 is 6.23 Å². The molecule has 0 saturated heterocycles. The van der Waals surface area contributed by atoms with E-state index in [2.05, 4.69) is 16.0 Å². The van der Waals surface area contributed by atoms with Crippen molar-refractivity contribution >= 4 is 0 Å². The standard InChI is InChI=1S/C12H30N4O.CH4O/c1-12(17)16-11-5-10-15-8-3-2-7-14-9-4-6-13;1-2/h12,14-17H,2-11,13H2,1H3;2H,1H3. The molecular formula is C13H34N4O2. The van der Waals surface area contributed by atoms with Crippen LogP contribution in [-0.4, -0.2) is 62.8 Å². The van der Waals surface area contributed by atoms with Crippen molar-refractivity contribution in [1.82, 2.24) is 16.0 Å². The van der Waals surface area contributed by atoms with E-state index in [-0.39, 0.29) is 0 Å². The van der Waals surface area contributed by atoms with E-state index in [0.29, 0.717) is 0 Å².